The minimum Gasteiger partial charge on any atom is -0.550 e. The van der Waals surface area contributed by atoms with Crippen molar-refractivity contribution in [1.29, 1.82) is 0 Å². The summed E-state index contributed by atoms with van der Waals surface area (Å²) in [6.07, 6.45) is 3.24. The molecule has 0 saturated heterocycles. The Balaban J connectivity index is 0.000001000. The smallest absolute Gasteiger partial charge is 0.550 e. The van der Waals surface area contributed by atoms with Crippen molar-refractivity contribution >= 4 is 5.97 Å². The molecule has 3 nitrogen and oxygen atoms in total. The second kappa shape index (κ2) is 5.14. The average Bonchev–Trinajstić information content (AvgIpc) is 1.88. The first-order valence-corrected chi connectivity index (χ1v) is 3.66. The van der Waals surface area contributed by atoms with Gasteiger partial charge in [0.05, 0.1) is 0 Å². The maximum Gasteiger partial charge on any atom is 1.00 e. The fourth-order valence-electron chi connectivity index (χ4n) is 1.44. The molecule has 11 heavy (non-hydrogen) atoms. The van der Waals surface area contributed by atoms with Crippen molar-refractivity contribution in [3.63, 3.8) is 0 Å². The largest absolute Gasteiger partial charge is 1.00 e. The number of carboxylic acid groups (broad SMARTS) is 1. The molecule has 0 aromatic carbocycles. The Kier molecular flexibility index (Phi) is 5.34. The van der Waals surface area contributed by atoms with Crippen molar-refractivity contribution in [1.82, 2.24) is 0 Å². The van der Waals surface area contributed by atoms with E-state index in [0.717, 1.165) is 19.3 Å². The summed E-state index contributed by atoms with van der Waals surface area (Å²) in [5.74, 6) is -1.22. The van der Waals surface area contributed by atoms with Gasteiger partial charge in [-0.05, 0) is 25.2 Å². The van der Waals surface area contributed by atoms with Crippen LogP contribution in [0.4, 0.5) is 0 Å². The first-order valence-electron chi connectivity index (χ1n) is 3.66. The molecule has 1 fully saturated rings. The monoisotopic (exact) mass is 165 g/mol. The zero-order chi connectivity index (χ0) is 7.56. The van der Waals surface area contributed by atoms with Gasteiger partial charge in [0.25, 0.3) is 0 Å². The maximum absolute atomic E-state index is 10.3. The zero-order valence-corrected chi connectivity index (χ0v) is 8.88. The van der Waals surface area contributed by atoms with Gasteiger partial charge in [-0.3, -0.25) is 0 Å². The van der Waals surface area contributed by atoms with Crippen LogP contribution in [0, 0.1) is 5.92 Å². The zero-order valence-electron chi connectivity index (χ0n) is 6.88. The van der Waals surface area contributed by atoms with Gasteiger partial charge in [-0.25, -0.2) is 0 Å². The quantitative estimate of drug-likeness (QED) is 0.406. The van der Waals surface area contributed by atoms with Crippen LogP contribution in [0.5, 0.6) is 0 Å². The molecule has 2 N–H and O–H groups in total. The number of carbonyl (C=O) groups excluding carboxylic acids is 1. The van der Waals surface area contributed by atoms with Gasteiger partial charge in [-0.2, -0.15) is 0 Å². The van der Waals surface area contributed by atoms with E-state index in [4.69, 9.17) is 5.73 Å². The third-order valence-corrected chi connectivity index (χ3v) is 2.05. The summed E-state index contributed by atoms with van der Waals surface area (Å²) >= 11 is 0. The number of hydrogen-bond donors (Lipinski definition) is 1. The van der Waals surface area contributed by atoms with Crippen LogP contribution in [0.2, 0.25) is 0 Å². The molecule has 1 aliphatic rings. The van der Waals surface area contributed by atoms with Crippen molar-refractivity contribution in [3.05, 3.63) is 0 Å². The first kappa shape index (κ1) is 11.4. The third kappa shape index (κ3) is 3.56. The van der Waals surface area contributed by atoms with E-state index in [-0.39, 0.29) is 41.5 Å². The Morgan fingerprint density at radius 2 is 2.09 bits per heavy atom. The van der Waals surface area contributed by atoms with Crippen LogP contribution in [-0.2, 0) is 4.79 Å². The van der Waals surface area contributed by atoms with Crippen LogP contribution in [0.25, 0.3) is 0 Å². The molecule has 58 valence electrons. The molecule has 4 heteroatoms. The van der Waals surface area contributed by atoms with Crippen LogP contribution in [-0.4, -0.2) is 12.0 Å². The summed E-state index contributed by atoms with van der Waals surface area (Å²) in [6.45, 7) is 0. The summed E-state index contributed by atoms with van der Waals surface area (Å²) in [5.41, 5.74) is 5.57. The molecule has 1 saturated carbocycles. The first-order chi connectivity index (χ1) is 4.70. The Morgan fingerprint density at radius 1 is 1.45 bits per heavy atom. The predicted octanol–water partition coefficient (Wildman–Crippen LogP) is -3.74. The van der Waals surface area contributed by atoms with E-state index in [2.05, 4.69) is 0 Å². The summed E-state index contributed by atoms with van der Waals surface area (Å²) in [7, 11) is 0. The molecular formula is C7H12NNaO2. The van der Waals surface area contributed by atoms with Gasteiger partial charge >= 0.3 is 29.6 Å². The van der Waals surface area contributed by atoms with Gasteiger partial charge in [0.15, 0.2) is 0 Å². The SMILES string of the molecule is NC1CCCC(C(=O)[O-])C1.[Na+]. The minimum absolute atomic E-state index is 0. The molecule has 0 spiro atoms. The van der Waals surface area contributed by atoms with Crippen LogP contribution in [0.3, 0.4) is 0 Å². The number of carboxylic acids is 1. The topological polar surface area (TPSA) is 66.2 Å². The van der Waals surface area contributed by atoms with E-state index in [9.17, 15) is 9.90 Å². The Bertz CT molecular complexity index is 140. The van der Waals surface area contributed by atoms with E-state index >= 15 is 0 Å². The van der Waals surface area contributed by atoms with Crippen molar-refractivity contribution < 1.29 is 39.5 Å². The summed E-state index contributed by atoms with van der Waals surface area (Å²) in [6, 6.07) is 0.0802. The van der Waals surface area contributed by atoms with E-state index < -0.39 is 5.97 Å². The van der Waals surface area contributed by atoms with Crippen LogP contribution >= 0.6 is 0 Å². The van der Waals surface area contributed by atoms with E-state index in [1.54, 1.807) is 0 Å². The van der Waals surface area contributed by atoms with Crippen LogP contribution in [0.15, 0.2) is 0 Å². The number of aliphatic carboxylic acids is 1. The fraction of sp³-hybridized carbons (Fsp3) is 0.857. The molecule has 0 aromatic heterocycles. The molecule has 0 heterocycles. The van der Waals surface area contributed by atoms with Crippen molar-refractivity contribution in [2.45, 2.75) is 31.7 Å². The number of rotatable bonds is 1. The van der Waals surface area contributed by atoms with Gasteiger partial charge in [-0.15, -0.1) is 0 Å². The van der Waals surface area contributed by atoms with Gasteiger partial charge < -0.3 is 15.6 Å². The maximum atomic E-state index is 10.3. The fourth-order valence-corrected chi connectivity index (χ4v) is 1.44. The Hall–Kier alpha value is 0.430. The van der Waals surface area contributed by atoms with Crippen LogP contribution in [0.1, 0.15) is 25.7 Å². The van der Waals surface area contributed by atoms with E-state index in [1.165, 1.54) is 0 Å². The molecule has 0 aromatic rings. The number of carbonyl (C=O) groups is 1. The average molecular weight is 165 g/mol. The van der Waals surface area contributed by atoms with E-state index in [0.29, 0.717) is 6.42 Å². The van der Waals surface area contributed by atoms with Crippen molar-refractivity contribution in [3.8, 4) is 0 Å². The Morgan fingerprint density at radius 3 is 2.45 bits per heavy atom. The second-order valence-corrected chi connectivity index (χ2v) is 2.94. The normalized spacial score (nSPS) is 30.6. The molecule has 0 bridgehead atoms. The summed E-state index contributed by atoms with van der Waals surface area (Å²) in [5, 5.41) is 10.3. The molecule has 2 atom stereocenters. The molecule has 0 amide bonds. The second-order valence-electron chi connectivity index (χ2n) is 2.94. The summed E-state index contributed by atoms with van der Waals surface area (Å²) in [4.78, 5) is 10.3. The van der Waals surface area contributed by atoms with E-state index in [1.807, 2.05) is 0 Å². The van der Waals surface area contributed by atoms with Gasteiger partial charge in [0.1, 0.15) is 0 Å². The molecule has 0 radical (unpaired) electrons. The number of hydrogen-bond acceptors (Lipinski definition) is 3. The van der Waals surface area contributed by atoms with Gasteiger partial charge in [0, 0.05) is 12.0 Å². The Labute approximate surface area is 88.6 Å². The number of nitrogens with two attached hydrogens (primary N) is 1. The summed E-state index contributed by atoms with van der Waals surface area (Å²) < 4.78 is 0. The third-order valence-electron chi connectivity index (χ3n) is 2.05. The molecular weight excluding hydrogens is 153 g/mol. The standard InChI is InChI=1S/C7H13NO2.Na/c8-6-3-1-2-5(4-6)7(9)10;/h5-6H,1-4,8H2,(H,9,10);/q;+1/p-1. The van der Waals surface area contributed by atoms with Gasteiger partial charge in [-0.1, -0.05) is 6.42 Å². The van der Waals surface area contributed by atoms with Crippen molar-refractivity contribution in [2.75, 3.05) is 0 Å². The van der Waals surface area contributed by atoms with Crippen LogP contribution < -0.4 is 40.4 Å². The van der Waals surface area contributed by atoms with Crippen molar-refractivity contribution in [2.24, 2.45) is 11.7 Å². The predicted molar refractivity (Wildman–Crippen MR) is 34.9 cm³/mol. The van der Waals surface area contributed by atoms with Gasteiger partial charge in [0.2, 0.25) is 0 Å². The molecule has 2 unspecified atom stereocenters. The minimum atomic E-state index is -0.935. The molecule has 0 aliphatic heterocycles. The molecule has 1 rings (SSSR count). The molecule has 1 aliphatic carbocycles.